The van der Waals surface area contributed by atoms with Crippen molar-refractivity contribution < 1.29 is 9.72 Å². The molecule has 0 saturated carbocycles. The van der Waals surface area contributed by atoms with Gasteiger partial charge in [0.25, 0.3) is 5.69 Å². The molecule has 114 valence electrons. The molecule has 0 atom stereocenters. The molecule has 1 aromatic carbocycles. The lowest BCUT2D eigenvalue weighted by molar-refractivity contribution is -0.384. The lowest BCUT2D eigenvalue weighted by Crippen LogP contribution is -2.38. The number of amides is 1. The highest BCUT2D eigenvalue weighted by Gasteiger charge is 2.23. The smallest absolute Gasteiger partial charge is 0.293 e. The number of nitrogen functional groups attached to an aromatic ring is 1. The summed E-state index contributed by atoms with van der Waals surface area (Å²) in [5, 5.41) is 11.0. The maximum atomic E-state index is 11.1. The Morgan fingerprint density at radius 1 is 1.43 bits per heavy atom. The molecule has 1 heterocycles. The van der Waals surface area contributed by atoms with Gasteiger partial charge in [0.15, 0.2) is 0 Å². The highest BCUT2D eigenvalue weighted by atomic mass is 16.6. The number of nitrogens with zero attached hydrogens (tertiary/aromatic N) is 2. The first-order chi connectivity index (χ1) is 10.0. The number of hydrogen-bond donors (Lipinski definition) is 3. The fourth-order valence-electron chi connectivity index (χ4n) is 2.58. The van der Waals surface area contributed by atoms with Gasteiger partial charge in [0, 0.05) is 18.5 Å². The third kappa shape index (κ3) is 3.67. The number of nitro benzene ring substituents is 1. The second-order valence-electron chi connectivity index (χ2n) is 5.21. The van der Waals surface area contributed by atoms with Crippen LogP contribution in [0.1, 0.15) is 18.4 Å². The maximum absolute atomic E-state index is 11.1. The molecule has 0 aromatic heterocycles. The number of nitro groups is 1. The molecule has 21 heavy (non-hydrogen) atoms. The van der Waals surface area contributed by atoms with Crippen LogP contribution in [-0.4, -0.2) is 28.8 Å². The van der Waals surface area contributed by atoms with E-state index in [9.17, 15) is 14.9 Å². The van der Waals surface area contributed by atoms with E-state index in [1.165, 1.54) is 6.07 Å². The third-order valence-corrected chi connectivity index (χ3v) is 3.81. The molecule has 0 unspecified atom stereocenters. The Kier molecular flexibility index (Phi) is 4.71. The summed E-state index contributed by atoms with van der Waals surface area (Å²) >= 11 is 0. The number of likely N-dealkylation sites (tertiary alicyclic amines) is 1. The standard InChI is InChI=1S/C13H19N5O3/c14-13(19)10-3-5-17(6-4-10)8-9-1-2-11(16-15)12(7-9)18(20)21/h1-2,7,10,16H,3-6,8,15H2,(H2,14,19). The molecule has 0 radical (unpaired) electrons. The van der Waals surface area contributed by atoms with Crippen LogP contribution in [0.15, 0.2) is 18.2 Å². The first-order valence-corrected chi connectivity index (χ1v) is 6.77. The van der Waals surface area contributed by atoms with E-state index < -0.39 is 4.92 Å². The largest absolute Gasteiger partial charge is 0.369 e. The summed E-state index contributed by atoms with van der Waals surface area (Å²) in [5.74, 6) is 4.96. The molecular formula is C13H19N5O3. The number of anilines is 1. The predicted octanol–water partition coefficient (Wildman–Crippen LogP) is 0.578. The number of carbonyl (C=O) groups is 1. The Hall–Kier alpha value is -2.19. The van der Waals surface area contributed by atoms with Crippen molar-refractivity contribution >= 4 is 17.3 Å². The molecule has 1 aliphatic heterocycles. The summed E-state index contributed by atoms with van der Waals surface area (Å²) in [6, 6.07) is 4.93. The van der Waals surface area contributed by atoms with Crippen molar-refractivity contribution in [3.63, 3.8) is 0 Å². The van der Waals surface area contributed by atoms with E-state index in [1.807, 2.05) is 6.07 Å². The Morgan fingerprint density at radius 2 is 2.10 bits per heavy atom. The summed E-state index contributed by atoms with van der Waals surface area (Å²) in [5.41, 5.74) is 8.71. The van der Waals surface area contributed by atoms with E-state index in [4.69, 9.17) is 11.6 Å². The highest BCUT2D eigenvalue weighted by molar-refractivity contribution is 5.76. The van der Waals surface area contributed by atoms with Crippen molar-refractivity contribution in [1.82, 2.24) is 4.90 Å². The Morgan fingerprint density at radius 3 is 2.62 bits per heavy atom. The van der Waals surface area contributed by atoms with Gasteiger partial charge in [-0.05, 0) is 37.6 Å². The molecule has 1 amide bonds. The van der Waals surface area contributed by atoms with Crippen molar-refractivity contribution in [2.75, 3.05) is 18.5 Å². The van der Waals surface area contributed by atoms with Crippen LogP contribution < -0.4 is 17.0 Å². The summed E-state index contributed by atoms with van der Waals surface area (Å²) in [4.78, 5) is 23.8. The fraction of sp³-hybridized carbons (Fsp3) is 0.462. The van der Waals surface area contributed by atoms with Crippen molar-refractivity contribution in [2.45, 2.75) is 19.4 Å². The van der Waals surface area contributed by atoms with Crippen LogP contribution in [0.2, 0.25) is 0 Å². The van der Waals surface area contributed by atoms with Crippen LogP contribution in [-0.2, 0) is 11.3 Å². The van der Waals surface area contributed by atoms with Gasteiger partial charge in [-0.2, -0.15) is 0 Å². The molecule has 0 bridgehead atoms. The lowest BCUT2D eigenvalue weighted by atomic mass is 9.96. The van der Waals surface area contributed by atoms with Crippen LogP contribution >= 0.6 is 0 Å². The van der Waals surface area contributed by atoms with Crippen LogP contribution in [0.4, 0.5) is 11.4 Å². The van der Waals surface area contributed by atoms with Gasteiger partial charge in [-0.3, -0.25) is 25.7 Å². The average molecular weight is 293 g/mol. The first-order valence-electron chi connectivity index (χ1n) is 6.77. The highest BCUT2D eigenvalue weighted by Crippen LogP contribution is 2.26. The number of carbonyl (C=O) groups excluding carboxylic acids is 1. The molecule has 1 aliphatic rings. The van der Waals surface area contributed by atoms with E-state index in [0.29, 0.717) is 6.54 Å². The molecule has 8 heteroatoms. The molecule has 2 rings (SSSR count). The van der Waals surface area contributed by atoms with Gasteiger partial charge < -0.3 is 11.2 Å². The van der Waals surface area contributed by atoms with E-state index >= 15 is 0 Å². The number of benzene rings is 1. The minimum absolute atomic E-state index is 0.0398. The van der Waals surface area contributed by atoms with Crippen molar-refractivity contribution in [1.29, 1.82) is 0 Å². The number of nitrogens with two attached hydrogens (primary N) is 2. The van der Waals surface area contributed by atoms with Crippen LogP contribution in [0.5, 0.6) is 0 Å². The summed E-state index contributed by atoms with van der Waals surface area (Å²) in [7, 11) is 0. The number of piperidine rings is 1. The molecule has 5 N–H and O–H groups in total. The zero-order valence-electron chi connectivity index (χ0n) is 11.6. The lowest BCUT2D eigenvalue weighted by Gasteiger charge is -2.30. The molecule has 0 aliphatic carbocycles. The van der Waals surface area contributed by atoms with E-state index in [0.717, 1.165) is 31.5 Å². The van der Waals surface area contributed by atoms with Crippen LogP contribution in [0, 0.1) is 16.0 Å². The molecule has 1 saturated heterocycles. The fourth-order valence-corrected chi connectivity index (χ4v) is 2.58. The van der Waals surface area contributed by atoms with Crippen LogP contribution in [0.25, 0.3) is 0 Å². The zero-order valence-corrected chi connectivity index (χ0v) is 11.6. The number of primary amides is 1. The Bertz CT molecular complexity index is 541. The van der Waals surface area contributed by atoms with E-state index in [-0.39, 0.29) is 23.2 Å². The minimum atomic E-state index is -0.460. The summed E-state index contributed by atoms with van der Waals surface area (Å²) in [6.45, 7) is 2.13. The minimum Gasteiger partial charge on any atom is -0.369 e. The number of hydrazine groups is 1. The Labute approximate surface area is 122 Å². The van der Waals surface area contributed by atoms with E-state index in [2.05, 4.69) is 10.3 Å². The van der Waals surface area contributed by atoms with Gasteiger partial charge in [-0.1, -0.05) is 6.07 Å². The molecular weight excluding hydrogens is 274 g/mol. The van der Waals surface area contributed by atoms with Crippen molar-refractivity contribution in [3.8, 4) is 0 Å². The molecule has 8 nitrogen and oxygen atoms in total. The SMILES string of the molecule is NNc1ccc(CN2CCC(C(N)=O)CC2)cc1[N+](=O)[O-]. The quantitative estimate of drug-likeness (QED) is 0.414. The Balaban J connectivity index is 2.02. The van der Waals surface area contributed by atoms with Gasteiger partial charge in [0.05, 0.1) is 4.92 Å². The molecule has 0 spiro atoms. The van der Waals surface area contributed by atoms with Gasteiger partial charge in [0.2, 0.25) is 5.91 Å². The first kappa shape index (κ1) is 15.2. The normalized spacial score (nSPS) is 16.6. The topological polar surface area (TPSA) is 128 Å². The van der Waals surface area contributed by atoms with Crippen molar-refractivity contribution in [3.05, 3.63) is 33.9 Å². The van der Waals surface area contributed by atoms with Crippen molar-refractivity contribution in [2.24, 2.45) is 17.5 Å². The third-order valence-electron chi connectivity index (χ3n) is 3.81. The second kappa shape index (κ2) is 6.51. The number of nitrogens with one attached hydrogen (secondary N) is 1. The van der Waals surface area contributed by atoms with Gasteiger partial charge in [-0.15, -0.1) is 0 Å². The monoisotopic (exact) mass is 293 g/mol. The van der Waals surface area contributed by atoms with E-state index in [1.54, 1.807) is 6.07 Å². The summed E-state index contributed by atoms with van der Waals surface area (Å²) in [6.07, 6.45) is 1.47. The van der Waals surface area contributed by atoms with Crippen LogP contribution in [0.3, 0.4) is 0 Å². The zero-order chi connectivity index (χ0) is 15.4. The predicted molar refractivity (Wildman–Crippen MR) is 78.1 cm³/mol. The second-order valence-corrected chi connectivity index (χ2v) is 5.21. The molecule has 1 aromatic rings. The van der Waals surface area contributed by atoms with Gasteiger partial charge in [0.1, 0.15) is 5.69 Å². The average Bonchev–Trinajstić information content (AvgIpc) is 2.47. The summed E-state index contributed by atoms with van der Waals surface area (Å²) < 4.78 is 0. The number of rotatable bonds is 5. The van der Waals surface area contributed by atoms with Gasteiger partial charge in [-0.25, -0.2) is 0 Å². The molecule has 1 fully saturated rings. The maximum Gasteiger partial charge on any atom is 0.293 e. The number of hydrogen-bond acceptors (Lipinski definition) is 6. The van der Waals surface area contributed by atoms with Gasteiger partial charge >= 0.3 is 0 Å².